The van der Waals surface area contributed by atoms with Gasteiger partial charge in [-0.15, -0.1) is 0 Å². The molecule has 0 spiro atoms. The van der Waals surface area contributed by atoms with Gasteiger partial charge in [-0.2, -0.15) is 0 Å². The van der Waals surface area contributed by atoms with Gasteiger partial charge in [-0.3, -0.25) is 4.79 Å². The lowest BCUT2D eigenvalue weighted by atomic mass is 9.81. The summed E-state index contributed by atoms with van der Waals surface area (Å²) in [7, 11) is 1.44. The van der Waals surface area contributed by atoms with Crippen LogP contribution in [0.4, 0.5) is 0 Å². The monoisotopic (exact) mass is 200 g/mol. The van der Waals surface area contributed by atoms with E-state index in [0.717, 1.165) is 12.8 Å². The van der Waals surface area contributed by atoms with E-state index in [-0.39, 0.29) is 23.1 Å². The molecule has 3 nitrogen and oxygen atoms in total. The minimum absolute atomic E-state index is 0.0289. The van der Waals surface area contributed by atoms with Crippen LogP contribution < -0.4 is 0 Å². The second-order valence-electron chi connectivity index (χ2n) is 5.25. The fourth-order valence-electron chi connectivity index (χ4n) is 2.42. The maximum atomic E-state index is 11.5. The number of hydrogen-bond donors (Lipinski definition) is 0. The van der Waals surface area contributed by atoms with E-state index in [1.807, 2.05) is 27.7 Å². The van der Waals surface area contributed by atoms with E-state index in [1.165, 1.54) is 7.11 Å². The largest absolute Gasteiger partial charge is 0.469 e. The number of methoxy groups -OCH3 is 1. The van der Waals surface area contributed by atoms with Crippen LogP contribution >= 0.6 is 0 Å². The highest BCUT2D eigenvalue weighted by atomic mass is 16.5. The van der Waals surface area contributed by atoms with Gasteiger partial charge >= 0.3 is 5.97 Å². The zero-order valence-electron chi connectivity index (χ0n) is 9.72. The van der Waals surface area contributed by atoms with Gasteiger partial charge in [0, 0.05) is 0 Å². The van der Waals surface area contributed by atoms with E-state index in [2.05, 4.69) is 0 Å². The molecule has 0 N–H and O–H groups in total. The molecule has 0 radical (unpaired) electrons. The first-order valence-electron chi connectivity index (χ1n) is 5.04. The zero-order valence-corrected chi connectivity index (χ0v) is 9.72. The van der Waals surface area contributed by atoms with Crippen LogP contribution in [0.5, 0.6) is 0 Å². The molecule has 0 aliphatic carbocycles. The molecule has 0 unspecified atom stereocenters. The molecule has 0 bridgehead atoms. The molecular weight excluding hydrogens is 180 g/mol. The van der Waals surface area contributed by atoms with Gasteiger partial charge in [0.2, 0.25) is 0 Å². The van der Waals surface area contributed by atoms with E-state index in [1.54, 1.807) is 0 Å². The average Bonchev–Trinajstić information content (AvgIpc) is 1.97. The Labute approximate surface area is 85.8 Å². The second kappa shape index (κ2) is 3.54. The fourth-order valence-corrected chi connectivity index (χ4v) is 2.42. The molecule has 0 aromatic heterocycles. The van der Waals surface area contributed by atoms with Gasteiger partial charge in [-0.05, 0) is 40.5 Å². The molecule has 1 heterocycles. The van der Waals surface area contributed by atoms with Crippen molar-refractivity contribution < 1.29 is 14.3 Å². The molecule has 1 aliphatic heterocycles. The third-order valence-corrected chi connectivity index (χ3v) is 2.56. The average molecular weight is 200 g/mol. The molecule has 0 amide bonds. The Morgan fingerprint density at radius 1 is 1.21 bits per heavy atom. The summed E-state index contributed by atoms with van der Waals surface area (Å²) >= 11 is 0. The van der Waals surface area contributed by atoms with Crippen molar-refractivity contribution in [2.24, 2.45) is 5.92 Å². The van der Waals surface area contributed by atoms with Crippen LogP contribution in [0.25, 0.3) is 0 Å². The number of ether oxygens (including phenoxy) is 2. The lowest BCUT2D eigenvalue weighted by Gasteiger charge is -2.44. The maximum Gasteiger partial charge on any atom is 0.308 e. The Morgan fingerprint density at radius 3 is 2.00 bits per heavy atom. The normalized spacial score (nSPS) is 25.8. The summed E-state index contributed by atoms with van der Waals surface area (Å²) in [5.74, 6) is -0.145. The van der Waals surface area contributed by atoms with E-state index in [4.69, 9.17) is 9.47 Å². The third kappa shape index (κ3) is 2.71. The van der Waals surface area contributed by atoms with Gasteiger partial charge in [-0.1, -0.05) is 0 Å². The summed E-state index contributed by atoms with van der Waals surface area (Å²) in [4.78, 5) is 11.5. The quantitative estimate of drug-likeness (QED) is 0.608. The summed E-state index contributed by atoms with van der Waals surface area (Å²) in [6.07, 6.45) is 1.48. The van der Waals surface area contributed by atoms with Crippen molar-refractivity contribution in [3.05, 3.63) is 0 Å². The van der Waals surface area contributed by atoms with Gasteiger partial charge in [0.1, 0.15) is 0 Å². The summed E-state index contributed by atoms with van der Waals surface area (Å²) in [6.45, 7) is 8.07. The van der Waals surface area contributed by atoms with E-state index < -0.39 is 0 Å². The first-order chi connectivity index (χ1) is 6.26. The second-order valence-corrected chi connectivity index (χ2v) is 5.25. The van der Waals surface area contributed by atoms with Crippen LogP contribution in [0.15, 0.2) is 0 Å². The molecule has 0 atom stereocenters. The number of esters is 1. The van der Waals surface area contributed by atoms with Gasteiger partial charge in [0.05, 0.1) is 24.2 Å². The molecule has 14 heavy (non-hydrogen) atoms. The topological polar surface area (TPSA) is 35.5 Å². The molecule has 1 fully saturated rings. The summed E-state index contributed by atoms with van der Waals surface area (Å²) < 4.78 is 10.7. The van der Waals surface area contributed by atoms with E-state index >= 15 is 0 Å². The van der Waals surface area contributed by atoms with Gasteiger partial charge in [-0.25, -0.2) is 0 Å². The van der Waals surface area contributed by atoms with Gasteiger partial charge < -0.3 is 9.47 Å². The third-order valence-electron chi connectivity index (χ3n) is 2.56. The lowest BCUT2D eigenvalue weighted by molar-refractivity contribution is -0.187. The molecule has 82 valence electrons. The Morgan fingerprint density at radius 2 is 1.64 bits per heavy atom. The molecule has 3 heteroatoms. The van der Waals surface area contributed by atoms with Gasteiger partial charge in [0.15, 0.2) is 0 Å². The Bertz CT molecular complexity index is 215. The van der Waals surface area contributed by atoms with Crippen molar-refractivity contribution in [2.75, 3.05) is 7.11 Å². The van der Waals surface area contributed by atoms with E-state index in [0.29, 0.717) is 0 Å². The molecule has 0 aromatic carbocycles. The van der Waals surface area contributed by atoms with Crippen LogP contribution in [-0.4, -0.2) is 24.3 Å². The van der Waals surface area contributed by atoms with Gasteiger partial charge in [0.25, 0.3) is 0 Å². The summed E-state index contributed by atoms with van der Waals surface area (Å²) in [6, 6.07) is 0. The Kier molecular flexibility index (Phi) is 2.91. The van der Waals surface area contributed by atoms with E-state index in [9.17, 15) is 4.79 Å². The van der Waals surface area contributed by atoms with Crippen molar-refractivity contribution in [3.63, 3.8) is 0 Å². The maximum absolute atomic E-state index is 11.5. The van der Waals surface area contributed by atoms with Crippen LogP contribution in [0.3, 0.4) is 0 Å². The highest BCUT2D eigenvalue weighted by Gasteiger charge is 2.42. The molecule has 0 aromatic rings. The Hall–Kier alpha value is -0.570. The number of carbonyl (C=O) groups excluding carboxylic acids is 1. The van der Waals surface area contributed by atoms with Crippen LogP contribution in [0.2, 0.25) is 0 Å². The van der Waals surface area contributed by atoms with Crippen LogP contribution in [-0.2, 0) is 14.3 Å². The number of rotatable bonds is 1. The SMILES string of the molecule is COC(=O)C1CC(C)(C)OC(C)(C)C1. The van der Waals surface area contributed by atoms with Crippen LogP contribution in [0.1, 0.15) is 40.5 Å². The summed E-state index contributed by atoms with van der Waals surface area (Å²) in [5.41, 5.74) is -0.471. The number of carbonyl (C=O) groups is 1. The smallest absolute Gasteiger partial charge is 0.308 e. The first kappa shape index (κ1) is 11.5. The highest BCUT2D eigenvalue weighted by molar-refractivity contribution is 5.72. The first-order valence-corrected chi connectivity index (χ1v) is 5.04. The molecular formula is C11H20O3. The molecule has 0 saturated carbocycles. The van der Waals surface area contributed by atoms with Crippen LogP contribution in [0, 0.1) is 5.92 Å². The summed E-state index contributed by atoms with van der Waals surface area (Å²) in [5, 5.41) is 0. The van der Waals surface area contributed by atoms with Crippen molar-refractivity contribution >= 4 is 5.97 Å². The minimum atomic E-state index is -0.236. The highest BCUT2D eigenvalue weighted by Crippen LogP contribution is 2.38. The van der Waals surface area contributed by atoms with Crippen molar-refractivity contribution in [1.29, 1.82) is 0 Å². The molecule has 1 aliphatic rings. The Balaban J connectivity index is 2.76. The molecule has 1 saturated heterocycles. The lowest BCUT2D eigenvalue weighted by Crippen LogP contribution is -2.47. The molecule has 1 rings (SSSR count). The predicted octanol–water partition coefficient (Wildman–Crippen LogP) is 2.14. The zero-order chi connectivity index (χ0) is 11.0. The standard InChI is InChI=1S/C11H20O3/c1-10(2)6-8(9(12)13-5)7-11(3,4)14-10/h8H,6-7H2,1-5H3. The minimum Gasteiger partial charge on any atom is -0.469 e. The number of hydrogen-bond acceptors (Lipinski definition) is 3. The van der Waals surface area contributed by atoms with Crippen molar-refractivity contribution in [2.45, 2.75) is 51.7 Å². The van der Waals surface area contributed by atoms with Crippen molar-refractivity contribution in [3.8, 4) is 0 Å². The fraction of sp³-hybridized carbons (Fsp3) is 0.909. The van der Waals surface area contributed by atoms with Crippen molar-refractivity contribution in [1.82, 2.24) is 0 Å². The predicted molar refractivity (Wildman–Crippen MR) is 54.0 cm³/mol.